The van der Waals surface area contributed by atoms with Crippen LogP contribution in [0.15, 0.2) is 0 Å². The summed E-state index contributed by atoms with van der Waals surface area (Å²) in [7, 11) is 0. The van der Waals surface area contributed by atoms with E-state index in [1.54, 1.807) is 0 Å². The Hall–Kier alpha value is 0.223. The summed E-state index contributed by atoms with van der Waals surface area (Å²) < 4.78 is 16.9. The molecule has 0 amide bonds. The van der Waals surface area contributed by atoms with Gasteiger partial charge in [-0.2, -0.15) is 0 Å². The molecule has 0 heterocycles. The predicted octanol–water partition coefficient (Wildman–Crippen LogP) is 0.396. The second-order valence-corrected chi connectivity index (χ2v) is 0.349. The van der Waals surface area contributed by atoms with Gasteiger partial charge in [-0.15, -0.1) is 0 Å². The molecule has 2 nitrogen and oxygen atoms in total. The Bertz CT molecular complexity index is 27.0. The molecule has 0 atom stereocenters. The number of hydrogen-bond acceptors (Lipinski definition) is 2. The SMILES string of the molecule is C.[O]=[Ru]=[O]. The van der Waals surface area contributed by atoms with E-state index in [9.17, 15) is 0 Å². The van der Waals surface area contributed by atoms with E-state index in [-0.39, 0.29) is 7.43 Å². The van der Waals surface area contributed by atoms with Crippen LogP contribution in [0.2, 0.25) is 0 Å². The van der Waals surface area contributed by atoms with Crippen molar-refractivity contribution in [2.24, 2.45) is 0 Å². The van der Waals surface area contributed by atoms with Crippen molar-refractivity contribution in [3.63, 3.8) is 0 Å². The van der Waals surface area contributed by atoms with Crippen LogP contribution in [0.5, 0.6) is 0 Å². The van der Waals surface area contributed by atoms with Crippen molar-refractivity contribution < 1.29 is 24.2 Å². The van der Waals surface area contributed by atoms with Crippen LogP contribution < -0.4 is 0 Å². The summed E-state index contributed by atoms with van der Waals surface area (Å²) in [6.07, 6.45) is 0. The maximum absolute atomic E-state index is 8.46. The third-order valence-electron chi connectivity index (χ3n) is 0. The Labute approximate surface area is 32.3 Å². The average Bonchev–Trinajstić information content (AvgIpc) is 0.918. The molecule has 0 saturated carbocycles. The molecule has 0 aromatic heterocycles. The van der Waals surface area contributed by atoms with Gasteiger partial charge in [-0.25, -0.2) is 0 Å². The van der Waals surface area contributed by atoms with Crippen LogP contribution in [0.4, 0.5) is 0 Å². The van der Waals surface area contributed by atoms with Gasteiger partial charge in [-0.05, 0) is 0 Å². The van der Waals surface area contributed by atoms with E-state index in [2.05, 4.69) is 0 Å². The van der Waals surface area contributed by atoms with Crippen molar-refractivity contribution in [3.8, 4) is 0 Å². The summed E-state index contributed by atoms with van der Waals surface area (Å²) in [6, 6.07) is 0. The fourth-order valence-electron chi connectivity index (χ4n) is 0. The van der Waals surface area contributed by atoms with Crippen LogP contribution in [0.25, 0.3) is 0 Å². The Morgan fingerprint density at radius 2 is 1.25 bits per heavy atom. The zero-order valence-electron chi connectivity index (χ0n) is 1.17. The molecule has 0 N–H and O–H groups in total. The molecule has 0 saturated heterocycles. The Kier molecular flexibility index (Phi) is 23.6. The normalized spacial score (nSPS) is 4.00. The fraction of sp³-hybridized carbons (Fsp3) is 1.00. The monoisotopic (exact) mass is 150 g/mol. The molecule has 0 aromatic rings. The molecular weight excluding hydrogens is 145 g/mol. The molecule has 0 unspecified atom stereocenters. The molecule has 4 heavy (non-hydrogen) atoms. The molecule has 0 fully saturated rings. The van der Waals surface area contributed by atoms with Crippen LogP contribution in [0.1, 0.15) is 7.43 Å². The van der Waals surface area contributed by atoms with E-state index in [4.69, 9.17) is 7.15 Å². The molecule has 0 aliphatic carbocycles. The van der Waals surface area contributed by atoms with Gasteiger partial charge in [0.15, 0.2) is 0 Å². The first kappa shape index (κ1) is 8.88. The molecular formula is CH4O2Ru. The molecule has 28 valence electrons. The third-order valence-corrected chi connectivity index (χ3v) is 0. The quantitative estimate of drug-likeness (QED) is 0.467. The molecule has 0 rings (SSSR count). The van der Waals surface area contributed by atoms with Crippen molar-refractivity contribution >= 4 is 0 Å². The zero-order chi connectivity index (χ0) is 2.71. The van der Waals surface area contributed by atoms with Crippen molar-refractivity contribution in [2.45, 2.75) is 7.43 Å². The molecule has 0 aromatic carbocycles. The molecule has 3 heteroatoms. The van der Waals surface area contributed by atoms with E-state index >= 15 is 0 Å². The van der Waals surface area contributed by atoms with Gasteiger partial charge in [0, 0.05) is 0 Å². The van der Waals surface area contributed by atoms with Gasteiger partial charge in [0.2, 0.25) is 0 Å². The topological polar surface area (TPSA) is 34.1 Å². The summed E-state index contributed by atoms with van der Waals surface area (Å²) in [5.74, 6) is 0. The minimum absolute atomic E-state index is 0. The first-order valence-corrected chi connectivity index (χ1v) is 1.71. The fourth-order valence-corrected chi connectivity index (χ4v) is 0. The average molecular weight is 149 g/mol. The third kappa shape index (κ3) is 66.7. The summed E-state index contributed by atoms with van der Waals surface area (Å²) in [5.41, 5.74) is 0. The van der Waals surface area contributed by atoms with Crippen molar-refractivity contribution in [1.29, 1.82) is 0 Å². The van der Waals surface area contributed by atoms with Gasteiger partial charge in [0.1, 0.15) is 0 Å². The van der Waals surface area contributed by atoms with Gasteiger partial charge in [0.05, 0.1) is 0 Å². The number of rotatable bonds is 0. The van der Waals surface area contributed by atoms with E-state index in [1.807, 2.05) is 0 Å². The molecule has 0 aliphatic heterocycles. The summed E-state index contributed by atoms with van der Waals surface area (Å²) in [5, 5.41) is 0. The van der Waals surface area contributed by atoms with E-state index in [0.29, 0.717) is 0 Å². The van der Waals surface area contributed by atoms with Gasteiger partial charge >= 0.3 is 24.2 Å². The van der Waals surface area contributed by atoms with Crippen LogP contribution >= 0.6 is 0 Å². The predicted molar refractivity (Wildman–Crippen MR) is 8.10 cm³/mol. The second kappa shape index (κ2) is 10.6. The van der Waals surface area contributed by atoms with Crippen molar-refractivity contribution in [1.82, 2.24) is 0 Å². The molecule has 0 radical (unpaired) electrons. The zero-order valence-corrected chi connectivity index (χ0v) is 2.91. The van der Waals surface area contributed by atoms with Gasteiger partial charge < -0.3 is 0 Å². The van der Waals surface area contributed by atoms with Crippen LogP contribution in [0, 0.1) is 0 Å². The van der Waals surface area contributed by atoms with Gasteiger partial charge in [-0.3, -0.25) is 0 Å². The maximum atomic E-state index is 8.46. The minimum atomic E-state index is -1.79. The van der Waals surface area contributed by atoms with E-state index in [0.717, 1.165) is 0 Å². The van der Waals surface area contributed by atoms with Crippen LogP contribution in [0.3, 0.4) is 0 Å². The van der Waals surface area contributed by atoms with Gasteiger partial charge in [0.25, 0.3) is 0 Å². The van der Waals surface area contributed by atoms with Crippen LogP contribution in [-0.2, 0) is 24.2 Å². The van der Waals surface area contributed by atoms with E-state index < -0.39 is 17.0 Å². The second-order valence-electron chi connectivity index (χ2n) is 0.0589. The van der Waals surface area contributed by atoms with Crippen molar-refractivity contribution in [3.05, 3.63) is 0 Å². The summed E-state index contributed by atoms with van der Waals surface area (Å²) in [6.45, 7) is 0. The summed E-state index contributed by atoms with van der Waals surface area (Å²) >= 11 is -1.79. The summed E-state index contributed by atoms with van der Waals surface area (Å²) in [4.78, 5) is 0. The Morgan fingerprint density at radius 3 is 1.25 bits per heavy atom. The molecule has 0 bridgehead atoms. The first-order valence-electron chi connectivity index (χ1n) is 0.289. The number of hydrogen-bond donors (Lipinski definition) is 0. The van der Waals surface area contributed by atoms with E-state index in [1.165, 1.54) is 0 Å². The molecule has 0 aliphatic rings. The van der Waals surface area contributed by atoms with Crippen LogP contribution in [-0.4, -0.2) is 0 Å². The Morgan fingerprint density at radius 1 is 1.25 bits per heavy atom. The van der Waals surface area contributed by atoms with Crippen molar-refractivity contribution in [2.75, 3.05) is 0 Å². The first-order chi connectivity index (χ1) is 1.41. The standard InChI is InChI=1S/CH4.2O.Ru/h1H4;;;. The van der Waals surface area contributed by atoms with Gasteiger partial charge in [-0.1, -0.05) is 7.43 Å². The Balaban J connectivity index is 0. The molecule has 0 spiro atoms.